The smallest absolute Gasteiger partial charge is 0.337 e. The average Bonchev–Trinajstić information content (AvgIpc) is 3.20. The highest BCUT2D eigenvalue weighted by Crippen LogP contribution is 2.18. The normalized spacial score (nSPS) is 10.9. The monoisotopic (exact) mass is 419 g/mol. The highest BCUT2D eigenvalue weighted by Gasteiger charge is 2.13. The largest absolute Gasteiger partial charge is 0.465 e. The second kappa shape index (κ2) is 10.6. The van der Waals surface area contributed by atoms with Gasteiger partial charge in [-0.15, -0.1) is 11.3 Å². The fourth-order valence-corrected chi connectivity index (χ4v) is 3.96. The molecule has 30 heavy (non-hydrogen) atoms. The van der Waals surface area contributed by atoms with E-state index in [0.717, 1.165) is 12.0 Å². The van der Waals surface area contributed by atoms with Gasteiger partial charge in [0.2, 0.25) is 5.91 Å². The molecule has 0 aliphatic carbocycles. The van der Waals surface area contributed by atoms with Crippen LogP contribution in [0.5, 0.6) is 0 Å². The minimum atomic E-state index is -0.375. The van der Waals surface area contributed by atoms with Gasteiger partial charge in [-0.05, 0) is 54.8 Å². The topological polar surface area (TPSA) is 46.6 Å². The minimum Gasteiger partial charge on any atom is -0.465 e. The lowest BCUT2D eigenvalue weighted by molar-refractivity contribution is -0.126. The predicted octanol–water partition coefficient (Wildman–Crippen LogP) is 5.13. The van der Waals surface area contributed by atoms with E-state index in [1.807, 2.05) is 23.1 Å². The van der Waals surface area contributed by atoms with E-state index in [-0.39, 0.29) is 11.9 Å². The third-order valence-electron chi connectivity index (χ3n) is 4.72. The zero-order valence-electron chi connectivity index (χ0n) is 17.2. The van der Waals surface area contributed by atoms with Crippen molar-refractivity contribution in [3.8, 4) is 0 Å². The van der Waals surface area contributed by atoms with Crippen molar-refractivity contribution in [2.45, 2.75) is 19.9 Å². The molecular weight excluding hydrogens is 394 g/mol. The molecule has 0 atom stereocenters. The quantitative estimate of drug-likeness (QED) is 0.376. The highest BCUT2D eigenvalue weighted by molar-refractivity contribution is 7.11. The Kier molecular flexibility index (Phi) is 7.57. The lowest BCUT2D eigenvalue weighted by Crippen LogP contribution is -2.30. The van der Waals surface area contributed by atoms with E-state index < -0.39 is 0 Å². The third-order valence-corrected chi connectivity index (χ3v) is 5.70. The molecule has 5 heteroatoms. The van der Waals surface area contributed by atoms with Crippen LogP contribution < -0.4 is 0 Å². The number of aryl methyl sites for hydroxylation is 1. The van der Waals surface area contributed by atoms with Gasteiger partial charge in [-0.25, -0.2) is 4.79 Å². The fourth-order valence-electron chi connectivity index (χ4n) is 3.06. The lowest BCUT2D eigenvalue weighted by Gasteiger charge is -2.21. The number of ether oxygens (including phenoxy) is 1. The number of esters is 1. The minimum absolute atomic E-state index is 0.0333. The summed E-state index contributed by atoms with van der Waals surface area (Å²) in [5.74, 6) is -0.408. The van der Waals surface area contributed by atoms with Crippen LogP contribution >= 0.6 is 11.3 Å². The molecule has 4 nitrogen and oxygen atoms in total. The molecule has 1 aromatic heterocycles. The summed E-state index contributed by atoms with van der Waals surface area (Å²) >= 11 is 1.71. The molecule has 1 amide bonds. The molecule has 0 radical (unpaired) electrons. The summed E-state index contributed by atoms with van der Waals surface area (Å²) in [6.07, 6.45) is 4.18. The first kappa shape index (κ1) is 21.5. The fraction of sp³-hybridized carbons (Fsp3) is 0.200. The van der Waals surface area contributed by atoms with Crippen LogP contribution in [0.15, 0.2) is 72.8 Å². The standard InChI is InChI=1S/C25H25NO3S/c1-19-8-14-23(30-19)18-26(17-16-20-6-4-3-5-7-20)24(27)15-11-21-9-12-22(13-10-21)25(28)29-2/h3-15H,16-18H2,1-2H3/b15-11+. The van der Waals surface area contributed by atoms with Crippen LogP contribution in [-0.4, -0.2) is 30.4 Å². The molecule has 2 aromatic carbocycles. The Hall–Kier alpha value is -3.18. The summed E-state index contributed by atoms with van der Waals surface area (Å²) < 4.78 is 4.71. The summed E-state index contributed by atoms with van der Waals surface area (Å²) in [5, 5.41) is 0. The van der Waals surface area contributed by atoms with E-state index in [2.05, 4.69) is 31.2 Å². The number of carbonyl (C=O) groups is 2. The number of thiophene rings is 1. The van der Waals surface area contributed by atoms with Gasteiger partial charge in [0.1, 0.15) is 0 Å². The van der Waals surface area contributed by atoms with Crippen molar-refractivity contribution in [1.82, 2.24) is 4.90 Å². The van der Waals surface area contributed by atoms with Crippen molar-refractivity contribution in [2.24, 2.45) is 0 Å². The van der Waals surface area contributed by atoms with Crippen molar-refractivity contribution in [3.05, 3.63) is 99.3 Å². The molecule has 1 heterocycles. The van der Waals surface area contributed by atoms with Gasteiger partial charge in [-0.3, -0.25) is 4.79 Å². The van der Waals surface area contributed by atoms with Crippen LogP contribution in [0.25, 0.3) is 6.08 Å². The van der Waals surface area contributed by atoms with E-state index in [1.165, 1.54) is 22.4 Å². The number of nitrogens with zero attached hydrogens (tertiary/aromatic N) is 1. The molecule has 0 N–H and O–H groups in total. The molecular formula is C25H25NO3S. The summed E-state index contributed by atoms with van der Waals surface area (Å²) in [5.41, 5.74) is 2.55. The first-order valence-corrected chi connectivity index (χ1v) is 10.6. The number of rotatable bonds is 8. The number of carbonyl (C=O) groups excluding carboxylic acids is 2. The van der Waals surface area contributed by atoms with Gasteiger partial charge in [0.25, 0.3) is 0 Å². The molecule has 0 aliphatic rings. The Bertz CT molecular complexity index is 1010. The first-order chi connectivity index (χ1) is 14.5. The van der Waals surface area contributed by atoms with Crippen LogP contribution in [0.2, 0.25) is 0 Å². The highest BCUT2D eigenvalue weighted by atomic mass is 32.1. The van der Waals surface area contributed by atoms with E-state index in [9.17, 15) is 9.59 Å². The Morgan fingerprint density at radius 1 is 1.00 bits per heavy atom. The van der Waals surface area contributed by atoms with Gasteiger partial charge < -0.3 is 9.64 Å². The third kappa shape index (κ3) is 6.16. The van der Waals surface area contributed by atoms with E-state index in [4.69, 9.17) is 4.74 Å². The van der Waals surface area contributed by atoms with Crippen LogP contribution in [0, 0.1) is 6.92 Å². The summed E-state index contributed by atoms with van der Waals surface area (Å²) in [7, 11) is 1.36. The molecule has 0 saturated heterocycles. The molecule has 3 aromatic rings. The molecule has 0 spiro atoms. The Morgan fingerprint density at radius 3 is 2.37 bits per heavy atom. The Morgan fingerprint density at radius 2 is 1.73 bits per heavy atom. The van der Waals surface area contributed by atoms with Crippen LogP contribution in [0.4, 0.5) is 0 Å². The molecule has 154 valence electrons. The second-order valence-corrected chi connectivity index (χ2v) is 8.33. The molecule has 0 aliphatic heterocycles. The van der Waals surface area contributed by atoms with Gasteiger partial charge >= 0.3 is 5.97 Å². The number of amides is 1. The lowest BCUT2D eigenvalue weighted by atomic mass is 10.1. The summed E-state index contributed by atoms with van der Waals surface area (Å²) in [4.78, 5) is 28.8. The maximum atomic E-state index is 12.9. The van der Waals surface area contributed by atoms with Crippen molar-refractivity contribution >= 4 is 29.3 Å². The zero-order chi connectivity index (χ0) is 21.3. The second-order valence-electron chi connectivity index (χ2n) is 6.95. The van der Waals surface area contributed by atoms with Crippen LogP contribution in [-0.2, 0) is 22.5 Å². The van der Waals surface area contributed by atoms with E-state index in [1.54, 1.807) is 47.8 Å². The van der Waals surface area contributed by atoms with E-state index in [0.29, 0.717) is 18.7 Å². The van der Waals surface area contributed by atoms with Crippen LogP contribution in [0.3, 0.4) is 0 Å². The number of methoxy groups -OCH3 is 1. The molecule has 0 unspecified atom stereocenters. The van der Waals surface area contributed by atoms with Crippen molar-refractivity contribution in [2.75, 3.05) is 13.7 Å². The summed E-state index contributed by atoms with van der Waals surface area (Å²) in [6.45, 7) is 3.31. The van der Waals surface area contributed by atoms with Gasteiger partial charge in [-0.1, -0.05) is 42.5 Å². The molecule has 3 rings (SSSR count). The maximum Gasteiger partial charge on any atom is 0.337 e. The van der Waals surface area contributed by atoms with Gasteiger partial charge in [0.15, 0.2) is 0 Å². The van der Waals surface area contributed by atoms with Crippen molar-refractivity contribution in [3.63, 3.8) is 0 Å². The predicted molar refractivity (Wildman–Crippen MR) is 121 cm³/mol. The van der Waals surface area contributed by atoms with Crippen LogP contribution in [0.1, 0.15) is 31.2 Å². The van der Waals surface area contributed by atoms with Crippen molar-refractivity contribution in [1.29, 1.82) is 0 Å². The first-order valence-electron chi connectivity index (χ1n) is 9.80. The molecule has 0 fully saturated rings. The van der Waals surface area contributed by atoms with Crippen molar-refractivity contribution < 1.29 is 14.3 Å². The maximum absolute atomic E-state index is 12.9. The van der Waals surface area contributed by atoms with Gasteiger partial charge in [0.05, 0.1) is 19.2 Å². The Labute approximate surface area is 181 Å². The molecule has 0 saturated carbocycles. The number of hydrogen-bond acceptors (Lipinski definition) is 4. The SMILES string of the molecule is COC(=O)c1ccc(/C=C/C(=O)N(CCc2ccccc2)Cc2ccc(C)s2)cc1. The Balaban J connectivity index is 1.69. The van der Waals surface area contributed by atoms with E-state index >= 15 is 0 Å². The number of hydrogen-bond donors (Lipinski definition) is 0. The average molecular weight is 420 g/mol. The zero-order valence-corrected chi connectivity index (χ0v) is 18.0. The summed E-state index contributed by atoms with van der Waals surface area (Å²) in [6, 6.07) is 21.3. The van der Waals surface area contributed by atoms with Gasteiger partial charge in [0, 0.05) is 22.4 Å². The van der Waals surface area contributed by atoms with Gasteiger partial charge in [-0.2, -0.15) is 0 Å². The number of benzene rings is 2. The molecule has 0 bridgehead atoms.